The molecule has 2 aromatic rings. The van der Waals surface area contributed by atoms with Crippen LogP contribution in [0.1, 0.15) is 23.0 Å². The van der Waals surface area contributed by atoms with Gasteiger partial charge < -0.3 is 9.26 Å². The SMILES string of the molecule is CC(=O)c1c(COc2ccc(Cl)cc2Cl)[nH]oc1=O. The number of hydrogen-bond acceptors (Lipinski definition) is 4. The smallest absolute Gasteiger partial charge is 0.368 e. The molecule has 19 heavy (non-hydrogen) atoms. The topological polar surface area (TPSA) is 72.3 Å². The summed E-state index contributed by atoms with van der Waals surface area (Å²) in [5.74, 6) is -0.00146. The molecule has 0 spiro atoms. The Hall–Kier alpha value is -1.72. The molecule has 1 aromatic heterocycles. The van der Waals surface area contributed by atoms with Crippen LogP contribution in [-0.2, 0) is 6.61 Å². The number of H-pyrrole nitrogens is 1. The van der Waals surface area contributed by atoms with Crippen LogP contribution in [0.3, 0.4) is 0 Å². The van der Waals surface area contributed by atoms with Crippen LogP contribution in [0.15, 0.2) is 27.5 Å². The van der Waals surface area contributed by atoms with Gasteiger partial charge in [-0.25, -0.2) is 9.95 Å². The van der Waals surface area contributed by atoms with Gasteiger partial charge in [-0.15, -0.1) is 0 Å². The molecule has 0 bridgehead atoms. The molecular formula is C12H9Cl2NO4. The van der Waals surface area contributed by atoms with Crippen LogP contribution in [-0.4, -0.2) is 10.9 Å². The van der Waals surface area contributed by atoms with Crippen LogP contribution in [0.2, 0.25) is 10.0 Å². The van der Waals surface area contributed by atoms with E-state index in [1.807, 2.05) is 0 Å². The van der Waals surface area contributed by atoms with E-state index >= 15 is 0 Å². The lowest BCUT2D eigenvalue weighted by atomic mass is 10.2. The van der Waals surface area contributed by atoms with Gasteiger partial charge in [0.05, 0.1) is 5.02 Å². The van der Waals surface area contributed by atoms with Gasteiger partial charge in [-0.1, -0.05) is 23.2 Å². The van der Waals surface area contributed by atoms with Gasteiger partial charge >= 0.3 is 5.63 Å². The highest BCUT2D eigenvalue weighted by atomic mass is 35.5. The van der Waals surface area contributed by atoms with Gasteiger partial charge in [-0.05, 0) is 25.1 Å². The minimum atomic E-state index is -0.715. The number of ether oxygens (including phenoxy) is 1. The van der Waals surface area contributed by atoms with E-state index in [2.05, 4.69) is 9.68 Å². The summed E-state index contributed by atoms with van der Waals surface area (Å²) in [6.45, 7) is 1.24. The van der Waals surface area contributed by atoms with E-state index in [9.17, 15) is 9.59 Å². The predicted octanol–water partition coefficient (Wildman–Crippen LogP) is 3.06. The number of halogens is 2. The molecule has 1 aromatic carbocycles. The largest absolute Gasteiger partial charge is 0.486 e. The second kappa shape index (κ2) is 5.50. The number of carbonyl (C=O) groups is 1. The molecule has 0 amide bonds. The third-order valence-corrected chi connectivity index (χ3v) is 2.92. The molecule has 0 aliphatic heterocycles. The third kappa shape index (κ3) is 3.00. The number of rotatable bonds is 4. The minimum absolute atomic E-state index is 0.0397. The fraction of sp³-hybridized carbons (Fsp3) is 0.167. The average molecular weight is 302 g/mol. The van der Waals surface area contributed by atoms with Crippen LogP contribution in [0.4, 0.5) is 0 Å². The molecule has 0 unspecified atom stereocenters. The Balaban J connectivity index is 2.19. The van der Waals surface area contributed by atoms with Crippen LogP contribution in [0.25, 0.3) is 0 Å². The maximum Gasteiger partial charge on any atom is 0.368 e. The Morgan fingerprint density at radius 1 is 1.42 bits per heavy atom. The quantitative estimate of drug-likeness (QED) is 0.881. The van der Waals surface area contributed by atoms with Crippen molar-refractivity contribution in [3.05, 3.63) is 49.9 Å². The van der Waals surface area contributed by atoms with Crippen LogP contribution in [0.5, 0.6) is 5.75 Å². The summed E-state index contributed by atoms with van der Waals surface area (Å²) in [6, 6.07) is 4.74. The van der Waals surface area contributed by atoms with E-state index in [4.69, 9.17) is 27.9 Å². The molecular weight excluding hydrogens is 293 g/mol. The standard InChI is InChI=1S/C12H9Cl2NO4/c1-6(16)11-9(15-19-12(11)17)5-18-10-3-2-7(13)4-8(10)14/h2-4,15H,5H2,1H3. The monoisotopic (exact) mass is 301 g/mol. The van der Waals surface area contributed by atoms with E-state index < -0.39 is 11.4 Å². The van der Waals surface area contributed by atoms with Gasteiger partial charge in [0.2, 0.25) is 0 Å². The van der Waals surface area contributed by atoms with Crippen molar-refractivity contribution in [1.29, 1.82) is 0 Å². The highest BCUT2D eigenvalue weighted by molar-refractivity contribution is 6.35. The lowest BCUT2D eigenvalue weighted by Crippen LogP contribution is -2.10. The van der Waals surface area contributed by atoms with Crippen molar-refractivity contribution >= 4 is 29.0 Å². The third-order valence-electron chi connectivity index (χ3n) is 2.39. The van der Waals surface area contributed by atoms with Gasteiger partial charge in [-0.3, -0.25) is 4.79 Å². The summed E-state index contributed by atoms with van der Waals surface area (Å²) in [6.07, 6.45) is 0. The Bertz CT molecular complexity index is 675. The molecule has 2 rings (SSSR count). The fourth-order valence-corrected chi connectivity index (χ4v) is 2.00. The first kappa shape index (κ1) is 13.7. The first-order valence-corrected chi connectivity index (χ1v) is 6.03. The number of aromatic nitrogens is 1. The van der Waals surface area contributed by atoms with Gasteiger partial charge in [0, 0.05) is 5.02 Å². The molecule has 0 fully saturated rings. The zero-order chi connectivity index (χ0) is 14.0. The van der Waals surface area contributed by atoms with E-state index in [-0.39, 0.29) is 17.9 Å². The summed E-state index contributed by atoms with van der Waals surface area (Å²) in [5.41, 5.74) is -0.498. The number of aromatic amines is 1. The Kier molecular flexibility index (Phi) is 3.97. The summed E-state index contributed by atoms with van der Waals surface area (Å²) in [4.78, 5) is 22.6. The second-order valence-electron chi connectivity index (χ2n) is 3.76. The average Bonchev–Trinajstić information content (AvgIpc) is 2.69. The number of Topliss-reactive ketones (excluding diaryl/α,β-unsaturated/α-hetero) is 1. The molecule has 100 valence electrons. The first-order chi connectivity index (χ1) is 8.99. The second-order valence-corrected chi connectivity index (χ2v) is 4.61. The molecule has 1 heterocycles. The van der Waals surface area contributed by atoms with E-state index in [0.29, 0.717) is 15.8 Å². The number of nitrogens with one attached hydrogen (secondary N) is 1. The molecule has 7 heteroatoms. The molecule has 0 aliphatic rings. The van der Waals surface area contributed by atoms with Gasteiger partial charge in [0.25, 0.3) is 0 Å². The van der Waals surface area contributed by atoms with Gasteiger partial charge in [-0.2, -0.15) is 0 Å². The summed E-state index contributed by atoms with van der Waals surface area (Å²) in [7, 11) is 0. The molecule has 0 saturated heterocycles. The molecule has 1 N–H and O–H groups in total. The van der Waals surface area contributed by atoms with E-state index in [1.165, 1.54) is 13.0 Å². The highest BCUT2D eigenvalue weighted by Gasteiger charge is 2.17. The molecule has 0 radical (unpaired) electrons. The van der Waals surface area contributed by atoms with Crippen molar-refractivity contribution in [2.75, 3.05) is 0 Å². The molecule has 0 aliphatic carbocycles. The maximum atomic E-state index is 11.3. The maximum absolute atomic E-state index is 11.3. The normalized spacial score (nSPS) is 10.5. The highest BCUT2D eigenvalue weighted by Crippen LogP contribution is 2.28. The number of carbonyl (C=O) groups excluding carboxylic acids is 1. The van der Waals surface area contributed by atoms with Crippen molar-refractivity contribution in [3.63, 3.8) is 0 Å². The Morgan fingerprint density at radius 2 is 2.16 bits per heavy atom. The lowest BCUT2D eigenvalue weighted by molar-refractivity contribution is 0.101. The van der Waals surface area contributed by atoms with Crippen LogP contribution in [0, 0.1) is 0 Å². The number of hydrogen-bond donors (Lipinski definition) is 1. The van der Waals surface area contributed by atoms with Crippen molar-refractivity contribution in [2.24, 2.45) is 0 Å². The summed E-state index contributed by atoms with van der Waals surface area (Å²) < 4.78 is 9.97. The Morgan fingerprint density at radius 3 is 2.79 bits per heavy atom. The molecule has 0 atom stereocenters. The fourth-order valence-electron chi connectivity index (χ4n) is 1.53. The van der Waals surface area contributed by atoms with Gasteiger partial charge in [0.1, 0.15) is 23.6 Å². The van der Waals surface area contributed by atoms with Crippen molar-refractivity contribution < 1.29 is 14.1 Å². The van der Waals surface area contributed by atoms with Crippen LogP contribution < -0.4 is 10.4 Å². The van der Waals surface area contributed by atoms with E-state index in [0.717, 1.165) is 0 Å². The van der Waals surface area contributed by atoms with Gasteiger partial charge in [0.15, 0.2) is 5.78 Å². The molecule has 0 saturated carbocycles. The summed E-state index contributed by atoms with van der Waals surface area (Å²) >= 11 is 11.7. The lowest BCUT2D eigenvalue weighted by Gasteiger charge is -2.07. The van der Waals surface area contributed by atoms with Crippen molar-refractivity contribution in [2.45, 2.75) is 13.5 Å². The summed E-state index contributed by atoms with van der Waals surface area (Å²) in [5, 5.41) is 3.17. The first-order valence-electron chi connectivity index (χ1n) is 5.28. The van der Waals surface area contributed by atoms with Crippen LogP contribution >= 0.6 is 23.2 Å². The Labute approximate surface area is 118 Å². The molecule has 5 nitrogen and oxygen atoms in total. The zero-order valence-electron chi connectivity index (χ0n) is 9.83. The van der Waals surface area contributed by atoms with Crippen molar-refractivity contribution in [3.8, 4) is 5.75 Å². The minimum Gasteiger partial charge on any atom is -0.486 e. The number of benzene rings is 1. The number of ketones is 1. The predicted molar refractivity (Wildman–Crippen MR) is 70.1 cm³/mol. The van der Waals surface area contributed by atoms with Crippen molar-refractivity contribution in [1.82, 2.24) is 5.16 Å². The van der Waals surface area contributed by atoms with E-state index in [1.54, 1.807) is 12.1 Å². The zero-order valence-corrected chi connectivity index (χ0v) is 11.3.